The van der Waals surface area contributed by atoms with Crippen LogP contribution in [0.5, 0.6) is 0 Å². The average molecular weight is 324 g/mol. The summed E-state index contributed by atoms with van der Waals surface area (Å²) in [6.07, 6.45) is -6.58. The van der Waals surface area contributed by atoms with E-state index in [1.165, 1.54) is 17.4 Å². The smallest absolute Gasteiger partial charge is 0.319 e. The van der Waals surface area contributed by atoms with Gasteiger partial charge in [0.15, 0.2) is 0 Å². The molecule has 112 valence electrons. The van der Waals surface area contributed by atoms with Crippen molar-refractivity contribution in [2.75, 3.05) is 5.32 Å². The Labute approximate surface area is 112 Å². The Morgan fingerprint density at radius 1 is 1.00 bits per heavy atom. The summed E-state index contributed by atoms with van der Waals surface area (Å²) in [4.78, 5) is 11.0. The molecule has 0 aliphatic heterocycles. The third-order valence-corrected chi connectivity index (χ3v) is 2.49. The molecule has 0 spiro atoms. The van der Waals surface area contributed by atoms with Crippen LogP contribution in [-0.2, 0) is 4.79 Å². The van der Waals surface area contributed by atoms with Crippen molar-refractivity contribution in [2.24, 2.45) is 0 Å². The number of rotatable bonds is 3. The number of alkyl halides is 7. The van der Waals surface area contributed by atoms with E-state index < -0.39 is 29.6 Å². The first kappa shape index (κ1) is 16.5. The Bertz CT molecular complexity index is 515. The van der Waals surface area contributed by atoms with Crippen LogP contribution in [0.3, 0.4) is 0 Å². The molecular formula is C10H5ClF7NO. The number of carbonyl (C=O) groups excluding carboxylic acids is 1. The molecule has 0 aliphatic rings. The van der Waals surface area contributed by atoms with E-state index in [1.54, 1.807) is 0 Å². The molecule has 0 aliphatic carbocycles. The van der Waals surface area contributed by atoms with Gasteiger partial charge in [-0.05, 0) is 12.1 Å². The molecule has 0 unspecified atom stereocenters. The predicted molar refractivity (Wildman–Crippen MR) is 56.0 cm³/mol. The number of nitrogens with one attached hydrogen (secondary N) is 1. The van der Waals surface area contributed by atoms with E-state index in [9.17, 15) is 35.5 Å². The zero-order valence-corrected chi connectivity index (χ0v) is 10.00. The number of para-hydroxylation sites is 1. The third kappa shape index (κ3) is 2.82. The number of carbonyl (C=O) groups is 1. The lowest BCUT2D eigenvalue weighted by Gasteiger charge is -2.27. The molecule has 0 radical (unpaired) electrons. The Balaban J connectivity index is 3.05. The summed E-state index contributed by atoms with van der Waals surface area (Å²) in [6, 6.07) is 4.63. The molecule has 0 bridgehead atoms. The van der Waals surface area contributed by atoms with Gasteiger partial charge >= 0.3 is 23.9 Å². The quantitative estimate of drug-likeness (QED) is 0.833. The van der Waals surface area contributed by atoms with E-state index in [-0.39, 0.29) is 5.02 Å². The van der Waals surface area contributed by atoms with Gasteiger partial charge in [-0.15, -0.1) is 0 Å². The first-order chi connectivity index (χ1) is 8.91. The predicted octanol–water partition coefficient (Wildman–Crippen LogP) is 4.11. The molecule has 0 heterocycles. The first-order valence-electron chi connectivity index (χ1n) is 4.79. The number of anilines is 1. The SMILES string of the molecule is O=C(Nc1ccccc1Cl)C(F)(F)C(F)(F)C(F)(F)F. The monoisotopic (exact) mass is 323 g/mol. The largest absolute Gasteiger partial charge is 0.460 e. The van der Waals surface area contributed by atoms with Gasteiger partial charge in [0.2, 0.25) is 0 Å². The summed E-state index contributed by atoms with van der Waals surface area (Å²) in [5.74, 6) is -15.3. The molecule has 10 heteroatoms. The Morgan fingerprint density at radius 2 is 1.50 bits per heavy atom. The molecule has 1 rings (SSSR count). The van der Waals surface area contributed by atoms with Gasteiger partial charge in [-0.25, -0.2) is 0 Å². The van der Waals surface area contributed by atoms with E-state index in [0.29, 0.717) is 0 Å². The van der Waals surface area contributed by atoms with Gasteiger partial charge in [-0.1, -0.05) is 23.7 Å². The molecule has 0 atom stereocenters. The van der Waals surface area contributed by atoms with Crippen molar-refractivity contribution in [2.45, 2.75) is 18.0 Å². The van der Waals surface area contributed by atoms with Crippen LogP contribution in [0.15, 0.2) is 24.3 Å². The highest BCUT2D eigenvalue weighted by Crippen LogP contribution is 2.47. The molecule has 1 aromatic rings. The lowest BCUT2D eigenvalue weighted by molar-refractivity contribution is -0.343. The Hall–Kier alpha value is -1.51. The zero-order valence-electron chi connectivity index (χ0n) is 9.24. The fourth-order valence-corrected chi connectivity index (χ4v) is 1.27. The van der Waals surface area contributed by atoms with E-state index >= 15 is 0 Å². The topological polar surface area (TPSA) is 29.1 Å². The Morgan fingerprint density at radius 3 is 1.95 bits per heavy atom. The first-order valence-corrected chi connectivity index (χ1v) is 5.17. The highest BCUT2D eigenvalue weighted by molar-refractivity contribution is 6.33. The lowest BCUT2D eigenvalue weighted by atomic mass is 10.1. The van der Waals surface area contributed by atoms with Gasteiger partial charge in [0.05, 0.1) is 10.7 Å². The number of amides is 1. The molecular weight excluding hydrogens is 319 g/mol. The highest BCUT2D eigenvalue weighted by Gasteiger charge is 2.76. The number of benzene rings is 1. The van der Waals surface area contributed by atoms with E-state index in [2.05, 4.69) is 0 Å². The van der Waals surface area contributed by atoms with Crippen molar-refractivity contribution in [3.05, 3.63) is 29.3 Å². The second kappa shape index (κ2) is 5.12. The second-order valence-electron chi connectivity index (χ2n) is 3.58. The van der Waals surface area contributed by atoms with Crippen molar-refractivity contribution in [1.29, 1.82) is 0 Å². The maximum Gasteiger partial charge on any atom is 0.460 e. The minimum absolute atomic E-state index is 0.299. The average Bonchev–Trinajstić information content (AvgIpc) is 2.30. The molecule has 2 nitrogen and oxygen atoms in total. The van der Waals surface area contributed by atoms with Gasteiger partial charge in [0.1, 0.15) is 0 Å². The lowest BCUT2D eigenvalue weighted by Crippen LogP contribution is -2.57. The summed E-state index contributed by atoms with van der Waals surface area (Å²) < 4.78 is 86.8. The van der Waals surface area contributed by atoms with Crippen molar-refractivity contribution in [3.63, 3.8) is 0 Å². The van der Waals surface area contributed by atoms with Gasteiger partial charge < -0.3 is 5.32 Å². The van der Waals surface area contributed by atoms with Gasteiger partial charge in [0, 0.05) is 0 Å². The van der Waals surface area contributed by atoms with Gasteiger partial charge in [0.25, 0.3) is 0 Å². The standard InChI is InChI=1S/C10H5ClF7NO/c11-5-3-1-2-4-6(5)19-7(20)8(12,13)9(14,15)10(16,17)18/h1-4H,(H,19,20). The van der Waals surface area contributed by atoms with E-state index in [1.807, 2.05) is 0 Å². The molecule has 0 aromatic heterocycles. The molecule has 20 heavy (non-hydrogen) atoms. The van der Waals surface area contributed by atoms with Crippen molar-refractivity contribution in [3.8, 4) is 0 Å². The summed E-state index contributed by atoms with van der Waals surface area (Å²) in [5.41, 5.74) is -0.517. The summed E-state index contributed by atoms with van der Waals surface area (Å²) in [6.45, 7) is 0. The van der Waals surface area contributed by atoms with Crippen LogP contribution in [0.1, 0.15) is 0 Å². The number of hydrogen-bond acceptors (Lipinski definition) is 1. The van der Waals surface area contributed by atoms with Crippen LogP contribution in [0.25, 0.3) is 0 Å². The number of hydrogen-bond donors (Lipinski definition) is 1. The second-order valence-corrected chi connectivity index (χ2v) is 3.99. The normalized spacial score (nSPS) is 13.2. The van der Waals surface area contributed by atoms with Gasteiger partial charge in [-0.2, -0.15) is 30.7 Å². The fourth-order valence-electron chi connectivity index (χ4n) is 1.08. The van der Waals surface area contributed by atoms with Gasteiger partial charge in [-0.3, -0.25) is 4.79 Å². The number of halogens is 8. The summed E-state index contributed by atoms with van der Waals surface area (Å²) in [7, 11) is 0. The minimum atomic E-state index is -6.58. The molecule has 1 aromatic carbocycles. The van der Waals surface area contributed by atoms with Crippen LogP contribution in [0.2, 0.25) is 5.02 Å². The van der Waals surface area contributed by atoms with Crippen LogP contribution >= 0.6 is 11.6 Å². The Kier molecular flexibility index (Phi) is 4.23. The molecule has 1 N–H and O–H groups in total. The summed E-state index contributed by atoms with van der Waals surface area (Å²) >= 11 is 5.45. The van der Waals surface area contributed by atoms with Crippen LogP contribution in [0.4, 0.5) is 36.4 Å². The zero-order chi connectivity index (χ0) is 15.8. The van der Waals surface area contributed by atoms with E-state index in [0.717, 1.165) is 12.1 Å². The van der Waals surface area contributed by atoms with Crippen LogP contribution < -0.4 is 5.32 Å². The van der Waals surface area contributed by atoms with Crippen LogP contribution in [-0.4, -0.2) is 23.9 Å². The van der Waals surface area contributed by atoms with Crippen LogP contribution in [0, 0.1) is 0 Å². The van der Waals surface area contributed by atoms with Crippen molar-refractivity contribution >= 4 is 23.2 Å². The summed E-state index contributed by atoms with van der Waals surface area (Å²) in [5, 5.41) is 0.929. The molecule has 1 amide bonds. The molecule has 0 saturated carbocycles. The maximum atomic E-state index is 13.0. The highest BCUT2D eigenvalue weighted by atomic mass is 35.5. The molecule has 0 saturated heterocycles. The molecule has 0 fully saturated rings. The van der Waals surface area contributed by atoms with Crippen molar-refractivity contribution < 1.29 is 35.5 Å². The van der Waals surface area contributed by atoms with E-state index in [4.69, 9.17) is 11.6 Å². The maximum absolute atomic E-state index is 13.0. The van der Waals surface area contributed by atoms with Crippen molar-refractivity contribution in [1.82, 2.24) is 0 Å². The third-order valence-electron chi connectivity index (χ3n) is 2.16. The minimum Gasteiger partial charge on any atom is -0.319 e. The fraction of sp³-hybridized carbons (Fsp3) is 0.300.